The fourth-order valence-electron chi connectivity index (χ4n) is 1.79. The third-order valence-corrected chi connectivity index (χ3v) is 2.76. The number of hydrogen-bond donors (Lipinski definition) is 0. The lowest BCUT2D eigenvalue weighted by molar-refractivity contribution is -0.254. The summed E-state index contributed by atoms with van der Waals surface area (Å²) in [6.07, 6.45) is 1.34. The van der Waals surface area contributed by atoms with Gasteiger partial charge in [-0.05, 0) is 17.2 Å². The minimum Gasteiger partial charge on any atom is -0.545 e. The summed E-state index contributed by atoms with van der Waals surface area (Å²) in [7, 11) is 0. The molecule has 19 heavy (non-hydrogen) atoms. The molecule has 2 aromatic rings. The predicted molar refractivity (Wildman–Crippen MR) is 67.0 cm³/mol. The standard InChI is InChI=1S/C15H10O4/c16-8-10-1-4-12(5-2-10)14-7-11(9-17)3-6-13(14)15(18)19/h1-9H,(H,18,19)/p-1. The molecule has 0 aliphatic carbocycles. The van der Waals surface area contributed by atoms with Crippen LogP contribution < -0.4 is 5.11 Å². The van der Waals surface area contributed by atoms with Crippen LogP contribution in [0.3, 0.4) is 0 Å². The maximum atomic E-state index is 11.1. The van der Waals surface area contributed by atoms with Gasteiger partial charge in [-0.2, -0.15) is 0 Å². The van der Waals surface area contributed by atoms with Gasteiger partial charge in [0, 0.05) is 16.7 Å². The topological polar surface area (TPSA) is 74.3 Å². The highest BCUT2D eigenvalue weighted by Gasteiger charge is 2.07. The summed E-state index contributed by atoms with van der Waals surface area (Å²) >= 11 is 0. The van der Waals surface area contributed by atoms with E-state index in [2.05, 4.69) is 0 Å². The Morgan fingerprint density at radius 3 is 2.00 bits per heavy atom. The summed E-state index contributed by atoms with van der Waals surface area (Å²) in [6.45, 7) is 0. The van der Waals surface area contributed by atoms with Gasteiger partial charge in [0.15, 0.2) is 0 Å². The van der Waals surface area contributed by atoms with E-state index in [9.17, 15) is 19.5 Å². The summed E-state index contributed by atoms with van der Waals surface area (Å²) in [6, 6.07) is 10.6. The molecule has 0 saturated carbocycles. The molecule has 0 heterocycles. The van der Waals surface area contributed by atoms with Crippen LogP contribution in [0, 0.1) is 0 Å². The molecule has 94 valence electrons. The van der Waals surface area contributed by atoms with E-state index in [1.807, 2.05) is 0 Å². The second-order valence-electron chi connectivity index (χ2n) is 3.95. The van der Waals surface area contributed by atoms with Crippen LogP contribution in [0.4, 0.5) is 0 Å². The molecule has 0 aliphatic rings. The van der Waals surface area contributed by atoms with Crippen molar-refractivity contribution in [2.75, 3.05) is 0 Å². The first kappa shape index (κ1) is 12.7. The van der Waals surface area contributed by atoms with Crippen LogP contribution in [0.5, 0.6) is 0 Å². The summed E-state index contributed by atoms with van der Waals surface area (Å²) in [5.41, 5.74) is 1.87. The Hall–Kier alpha value is -2.75. The first-order chi connectivity index (χ1) is 9.15. The number of aldehydes is 2. The molecular weight excluding hydrogens is 244 g/mol. The molecule has 0 amide bonds. The van der Waals surface area contributed by atoms with Crippen LogP contribution in [0.25, 0.3) is 11.1 Å². The van der Waals surface area contributed by atoms with E-state index in [0.717, 1.165) is 0 Å². The normalized spacial score (nSPS) is 9.89. The van der Waals surface area contributed by atoms with E-state index in [4.69, 9.17) is 0 Å². The predicted octanol–water partition coefficient (Wildman–Crippen LogP) is 1.34. The van der Waals surface area contributed by atoms with E-state index < -0.39 is 5.97 Å². The zero-order valence-electron chi connectivity index (χ0n) is 9.83. The van der Waals surface area contributed by atoms with Gasteiger partial charge in [0.25, 0.3) is 0 Å². The van der Waals surface area contributed by atoms with Crippen molar-refractivity contribution in [2.24, 2.45) is 0 Å². The molecule has 4 heteroatoms. The Kier molecular flexibility index (Phi) is 3.52. The van der Waals surface area contributed by atoms with Crippen molar-refractivity contribution in [2.45, 2.75) is 0 Å². The second kappa shape index (κ2) is 5.27. The Morgan fingerprint density at radius 1 is 0.895 bits per heavy atom. The first-order valence-corrected chi connectivity index (χ1v) is 5.52. The molecule has 0 aromatic heterocycles. The second-order valence-corrected chi connectivity index (χ2v) is 3.95. The van der Waals surface area contributed by atoms with E-state index >= 15 is 0 Å². The van der Waals surface area contributed by atoms with Crippen LogP contribution in [-0.4, -0.2) is 18.5 Å². The SMILES string of the molecule is O=Cc1ccc(-c2cc(C=O)ccc2C(=O)[O-])cc1. The quantitative estimate of drug-likeness (QED) is 0.771. The van der Waals surface area contributed by atoms with Crippen LogP contribution in [0.2, 0.25) is 0 Å². The monoisotopic (exact) mass is 253 g/mol. The lowest BCUT2D eigenvalue weighted by atomic mass is 9.97. The highest BCUT2D eigenvalue weighted by molar-refractivity contribution is 5.96. The van der Waals surface area contributed by atoms with E-state index in [1.54, 1.807) is 24.3 Å². The van der Waals surface area contributed by atoms with Gasteiger partial charge in [0.2, 0.25) is 0 Å². The van der Waals surface area contributed by atoms with Crippen LogP contribution >= 0.6 is 0 Å². The number of carboxylic acid groups (broad SMARTS) is 1. The van der Waals surface area contributed by atoms with Gasteiger partial charge in [0.1, 0.15) is 12.6 Å². The van der Waals surface area contributed by atoms with Crippen LogP contribution in [0.15, 0.2) is 42.5 Å². The van der Waals surface area contributed by atoms with Gasteiger partial charge in [0.05, 0.1) is 5.97 Å². The van der Waals surface area contributed by atoms with Crippen molar-refractivity contribution in [1.82, 2.24) is 0 Å². The molecule has 0 fully saturated rings. The average Bonchev–Trinajstić information content (AvgIpc) is 2.46. The van der Waals surface area contributed by atoms with Gasteiger partial charge < -0.3 is 9.90 Å². The van der Waals surface area contributed by atoms with Crippen LogP contribution in [-0.2, 0) is 0 Å². The minimum absolute atomic E-state index is 0.00412. The molecule has 0 saturated heterocycles. The molecular formula is C15H9O4-. The third-order valence-electron chi connectivity index (χ3n) is 2.76. The zero-order valence-corrected chi connectivity index (χ0v) is 9.83. The van der Waals surface area contributed by atoms with Gasteiger partial charge in [-0.15, -0.1) is 0 Å². The number of benzene rings is 2. The van der Waals surface area contributed by atoms with Gasteiger partial charge in [-0.3, -0.25) is 9.59 Å². The molecule has 0 aliphatic heterocycles. The maximum Gasteiger partial charge on any atom is 0.150 e. The molecule has 0 spiro atoms. The number of carbonyl (C=O) groups excluding carboxylic acids is 3. The molecule has 2 aromatic carbocycles. The highest BCUT2D eigenvalue weighted by Crippen LogP contribution is 2.24. The smallest absolute Gasteiger partial charge is 0.150 e. The van der Waals surface area contributed by atoms with Crippen molar-refractivity contribution >= 4 is 18.5 Å². The van der Waals surface area contributed by atoms with Crippen molar-refractivity contribution in [1.29, 1.82) is 0 Å². The van der Waals surface area contributed by atoms with Gasteiger partial charge in [-0.25, -0.2) is 0 Å². The first-order valence-electron chi connectivity index (χ1n) is 5.52. The largest absolute Gasteiger partial charge is 0.545 e. The molecule has 2 rings (SSSR count). The average molecular weight is 253 g/mol. The fourth-order valence-corrected chi connectivity index (χ4v) is 1.79. The Morgan fingerprint density at radius 2 is 1.47 bits per heavy atom. The lowest BCUT2D eigenvalue weighted by Crippen LogP contribution is -2.23. The summed E-state index contributed by atoms with van der Waals surface area (Å²) < 4.78 is 0. The highest BCUT2D eigenvalue weighted by atomic mass is 16.4. The molecule has 0 radical (unpaired) electrons. The molecule has 4 nitrogen and oxygen atoms in total. The number of carbonyl (C=O) groups is 3. The Balaban J connectivity index is 2.60. The number of carboxylic acids is 1. The fraction of sp³-hybridized carbons (Fsp3) is 0. The third kappa shape index (κ3) is 2.57. The molecule has 0 N–H and O–H groups in total. The van der Waals surface area contributed by atoms with Gasteiger partial charge >= 0.3 is 0 Å². The van der Waals surface area contributed by atoms with E-state index in [-0.39, 0.29) is 5.56 Å². The lowest BCUT2D eigenvalue weighted by Gasteiger charge is -2.11. The zero-order chi connectivity index (χ0) is 13.8. The Labute approximate surface area is 109 Å². The van der Waals surface area contributed by atoms with Crippen molar-refractivity contribution < 1.29 is 19.5 Å². The Bertz CT molecular complexity index is 642. The molecule has 0 bridgehead atoms. The van der Waals surface area contributed by atoms with Crippen molar-refractivity contribution in [3.8, 4) is 11.1 Å². The number of aromatic carboxylic acids is 1. The van der Waals surface area contributed by atoms with E-state index in [0.29, 0.717) is 34.8 Å². The van der Waals surface area contributed by atoms with Crippen LogP contribution in [0.1, 0.15) is 31.1 Å². The van der Waals surface area contributed by atoms with Gasteiger partial charge in [-0.1, -0.05) is 36.4 Å². The summed E-state index contributed by atoms with van der Waals surface area (Å²) in [4.78, 5) is 32.4. The summed E-state index contributed by atoms with van der Waals surface area (Å²) in [5, 5.41) is 11.1. The summed E-state index contributed by atoms with van der Waals surface area (Å²) in [5.74, 6) is -1.31. The van der Waals surface area contributed by atoms with Crippen molar-refractivity contribution in [3.05, 3.63) is 59.2 Å². The molecule has 0 atom stereocenters. The number of rotatable bonds is 4. The molecule has 0 unspecified atom stereocenters. The number of hydrogen-bond acceptors (Lipinski definition) is 4. The van der Waals surface area contributed by atoms with Crippen molar-refractivity contribution in [3.63, 3.8) is 0 Å². The maximum absolute atomic E-state index is 11.1. The minimum atomic E-state index is -1.31. The van der Waals surface area contributed by atoms with E-state index in [1.165, 1.54) is 18.2 Å².